The van der Waals surface area contributed by atoms with Crippen molar-refractivity contribution in [3.8, 4) is 5.75 Å². The molecule has 0 amide bonds. The Morgan fingerprint density at radius 2 is 2.00 bits per heavy atom. The summed E-state index contributed by atoms with van der Waals surface area (Å²) in [7, 11) is 2.54. The first kappa shape index (κ1) is 12.0. The van der Waals surface area contributed by atoms with Crippen LogP contribution in [0.5, 0.6) is 5.75 Å². The van der Waals surface area contributed by atoms with Crippen LogP contribution in [0.2, 0.25) is 0 Å². The van der Waals surface area contributed by atoms with E-state index in [1.165, 1.54) is 19.2 Å². The maximum atomic E-state index is 11.2. The number of aryl methyl sites for hydroxylation is 1. The average Bonchev–Trinajstić information content (AvgIpc) is 2.14. The van der Waals surface area contributed by atoms with Crippen molar-refractivity contribution in [3.63, 3.8) is 0 Å². The number of aldehydes is 1. The van der Waals surface area contributed by atoms with Crippen molar-refractivity contribution in [1.29, 1.82) is 0 Å². The smallest absolute Gasteiger partial charge is 0.265 e. The highest BCUT2D eigenvalue weighted by Crippen LogP contribution is 2.30. The summed E-state index contributed by atoms with van der Waals surface area (Å²) in [5, 5.41) is 0. The minimum Gasteiger partial charge on any atom is -0.495 e. The number of hydrogen-bond acceptors (Lipinski definition) is 4. The molecular weight excluding hydrogens is 240 g/mol. The molecule has 0 aliphatic heterocycles. The highest BCUT2D eigenvalue weighted by molar-refractivity contribution is 8.13. The molecule has 0 unspecified atom stereocenters. The topological polar surface area (TPSA) is 60.4 Å². The van der Waals surface area contributed by atoms with E-state index in [1.54, 1.807) is 6.92 Å². The molecule has 0 aromatic heterocycles. The number of halogens is 1. The summed E-state index contributed by atoms with van der Waals surface area (Å²) in [6.45, 7) is 1.72. The van der Waals surface area contributed by atoms with E-state index in [4.69, 9.17) is 15.4 Å². The first-order chi connectivity index (χ1) is 6.90. The second-order valence-electron chi connectivity index (χ2n) is 2.94. The summed E-state index contributed by atoms with van der Waals surface area (Å²) in [5.41, 5.74) is 0.722. The third-order valence-electron chi connectivity index (χ3n) is 1.82. The molecule has 0 spiro atoms. The van der Waals surface area contributed by atoms with Gasteiger partial charge in [-0.3, -0.25) is 4.79 Å². The minimum atomic E-state index is -3.99. The lowest BCUT2D eigenvalue weighted by atomic mass is 10.1. The van der Waals surface area contributed by atoms with Crippen molar-refractivity contribution < 1.29 is 17.9 Å². The first-order valence-electron chi connectivity index (χ1n) is 3.98. The van der Waals surface area contributed by atoms with E-state index >= 15 is 0 Å². The zero-order valence-corrected chi connectivity index (χ0v) is 9.72. The van der Waals surface area contributed by atoms with Crippen molar-refractivity contribution in [2.75, 3.05) is 7.11 Å². The SMILES string of the molecule is COc1cc(C)cc(C=O)c1S(=O)(=O)Cl. The van der Waals surface area contributed by atoms with Crippen LogP contribution < -0.4 is 4.74 Å². The molecule has 0 atom stereocenters. The van der Waals surface area contributed by atoms with E-state index in [9.17, 15) is 13.2 Å². The third kappa shape index (κ3) is 2.49. The Kier molecular flexibility index (Phi) is 3.36. The van der Waals surface area contributed by atoms with Gasteiger partial charge in [0.1, 0.15) is 10.6 Å². The molecule has 0 fully saturated rings. The molecule has 0 bridgehead atoms. The Labute approximate surface area is 92.2 Å². The molecule has 4 nitrogen and oxygen atoms in total. The number of methoxy groups -OCH3 is 1. The van der Waals surface area contributed by atoms with E-state index in [1.807, 2.05) is 0 Å². The number of carbonyl (C=O) groups is 1. The average molecular weight is 249 g/mol. The number of carbonyl (C=O) groups excluding carboxylic acids is 1. The molecule has 1 aromatic carbocycles. The zero-order chi connectivity index (χ0) is 11.6. The molecule has 0 saturated heterocycles. The lowest BCUT2D eigenvalue weighted by Crippen LogP contribution is -2.02. The van der Waals surface area contributed by atoms with Crippen molar-refractivity contribution in [2.45, 2.75) is 11.8 Å². The standard InChI is InChI=1S/C9H9ClO4S/c1-6-3-7(5-11)9(15(10,12)13)8(4-6)14-2/h3-5H,1-2H3. The molecule has 0 heterocycles. The molecule has 1 aromatic rings. The Bertz CT molecular complexity index is 493. The van der Waals surface area contributed by atoms with Crippen LogP contribution in [0.4, 0.5) is 0 Å². The number of hydrogen-bond donors (Lipinski definition) is 0. The van der Waals surface area contributed by atoms with Gasteiger partial charge in [0.2, 0.25) is 0 Å². The lowest BCUT2D eigenvalue weighted by Gasteiger charge is -2.08. The molecule has 0 aliphatic rings. The van der Waals surface area contributed by atoms with Gasteiger partial charge >= 0.3 is 0 Å². The number of rotatable bonds is 3. The predicted molar refractivity (Wildman–Crippen MR) is 56.2 cm³/mol. The van der Waals surface area contributed by atoms with Crippen molar-refractivity contribution in [1.82, 2.24) is 0 Å². The number of ether oxygens (including phenoxy) is 1. The summed E-state index contributed by atoms with van der Waals surface area (Å²) in [5.74, 6) is 0.0760. The fourth-order valence-electron chi connectivity index (χ4n) is 1.27. The van der Waals surface area contributed by atoms with Crippen LogP contribution in [0.15, 0.2) is 17.0 Å². The fourth-order valence-corrected chi connectivity index (χ4v) is 2.53. The van der Waals surface area contributed by atoms with Gasteiger partial charge in [0, 0.05) is 16.2 Å². The van der Waals surface area contributed by atoms with Crippen LogP contribution in [0.3, 0.4) is 0 Å². The Hall–Kier alpha value is -1.07. The fraction of sp³-hybridized carbons (Fsp3) is 0.222. The Balaban J connectivity index is 3.66. The third-order valence-corrected chi connectivity index (χ3v) is 3.21. The molecule has 6 heteroatoms. The molecule has 15 heavy (non-hydrogen) atoms. The van der Waals surface area contributed by atoms with Gasteiger partial charge in [-0.25, -0.2) is 8.42 Å². The van der Waals surface area contributed by atoms with Gasteiger partial charge in [-0.05, 0) is 24.6 Å². The molecule has 0 aliphatic carbocycles. The largest absolute Gasteiger partial charge is 0.495 e. The second kappa shape index (κ2) is 4.20. The monoisotopic (exact) mass is 248 g/mol. The van der Waals surface area contributed by atoms with Gasteiger partial charge in [0.25, 0.3) is 9.05 Å². The quantitative estimate of drug-likeness (QED) is 0.604. The molecule has 0 N–H and O–H groups in total. The normalized spacial score (nSPS) is 11.1. The van der Waals surface area contributed by atoms with E-state index in [0.29, 0.717) is 6.29 Å². The van der Waals surface area contributed by atoms with E-state index in [2.05, 4.69) is 0 Å². The summed E-state index contributed by atoms with van der Waals surface area (Å²) < 4.78 is 27.3. The summed E-state index contributed by atoms with van der Waals surface area (Å²) in [4.78, 5) is 10.4. The highest BCUT2D eigenvalue weighted by Gasteiger charge is 2.21. The second-order valence-corrected chi connectivity index (χ2v) is 5.44. The van der Waals surface area contributed by atoms with E-state index in [-0.39, 0.29) is 16.2 Å². The molecule has 0 radical (unpaired) electrons. The van der Waals surface area contributed by atoms with Gasteiger partial charge in [-0.1, -0.05) is 0 Å². The molecule has 0 saturated carbocycles. The van der Waals surface area contributed by atoms with Crippen molar-refractivity contribution in [2.24, 2.45) is 0 Å². The lowest BCUT2D eigenvalue weighted by molar-refractivity contribution is 0.112. The van der Waals surface area contributed by atoms with Crippen LogP contribution >= 0.6 is 10.7 Å². The van der Waals surface area contributed by atoms with Gasteiger partial charge in [-0.2, -0.15) is 0 Å². The van der Waals surface area contributed by atoms with Crippen LogP contribution in [0.1, 0.15) is 15.9 Å². The van der Waals surface area contributed by atoms with Crippen molar-refractivity contribution in [3.05, 3.63) is 23.3 Å². The van der Waals surface area contributed by atoms with Crippen LogP contribution in [-0.4, -0.2) is 21.8 Å². The molecule has 1 rings (SSSR count). The first-order valence-corrected chi connectivity index (χ1v) is 6.29. The Morgan fingerprint density at radius 3 is 2.40 bits per heavy atom. The van der Waals surface area contributed by atoms with Gasteiger partial charge in [0.05, 0.1) is 7.11 Å². The molecular formula is C9H9ClO4S. The van der Waals surface area contributed by atoms with Crippen LogP contribution in [0, 0.1) is 6.92 Å². The highest BCUT2D eigenvalue weighted by atomic mass is 35.7. The van der Waals surface area contributed by atoms with E-state index < -0.39 is 9.05 Å². The van der Waals surface area contributed by atoms with Crippen molar-refractivity contribution >= 4 is 26.0 Å². The number of benzene rings is 1. The van der Waals surface area contributed by atoms with Gasteiger partial charge < -0.3 is 4.74 Å². The summed E-state index contributed by atoms with van der Waals surface area (Å²) >= 11 is 0. The van der Waals surface area contributed by atoms with Gasteiger partial charge in [0.15, 0.2) is 6.29 Å². The van der Waals surface area contributed by atoms with Gasteiger partial charge in [-0.15, -0.1) is 0 Å². The van der Waals surface area contributed by atoms with Crippen LogP contribution in [0.25, 0.3) is 0 Å². The summed E-state index contributed by atoms with van der Waals surface area (Å²) in [6, 6.07) is 2.94. The zero-order valence-electron chi connectivity index (χ0n) is 8.15. The Morgan fingerprint density at radius 1 is 1.40 bits per heavy atom. The minimum absolute atomic E-state index is 0.00171. The predicted octanol–water partition coefficient (Wildman–Crippen LogP) is 1.74. The maximum absolute atomic E-state index is 11.2. The maximum Gasteiger partial charge on any atom is 0.265 e. The van der Waals surface area contributed by atoms with E-state index in [0.717, 1.165) is 5.56 Å². The van der Waals surface area contributed by atoms with Crippen LogP contribution in [-0.2, 0) is 9.05 Å². The summed E-state index contributed by atoms with van der Waals surface area (Å²) in [6.07, 6.45) is 0.435. The molecule has 82 valence electrons.